The Balaban J connectivity index is 2.19. The van der Waals surface area contributed by atoms with Crippen molar-refractivity contribution in [2.75, 3.05) is 0 Å². The molecular formula is C15H16Cl2N2O2. The van der Waals surface area contributed by atoms with Gasteiger partial charge in [0.25, 0.3) is 0 Å². The molecule has 1 aromatic heterocycles. The number of nitrogens with zero attached hydrogens (tertiary/aromatic N) is 1. The lowest BCUT2D eigenvalue weighted by atomic mass is 9.72. The van der Waals surface area contributed by atoms with Crippen LogP contribution in [0.3, 0.4) is 0 Å². The highest BCUT2D eigenvalue weighted by Crippen LogP contribution is 2.54. The van der Waals surface area contributed by atoms with E-state index in [0.29, 0.717) is 22.9 Å². The molecule has 1 saturated carbocycles. The molecule has 0 radical (unpaired) electrons. The molecular weight excluding hydrogens is 311 g/mol. The summed E-state index contributed by atoms with van der Waals surface area (Å²) in [6, 6.07) is 1.79. The lowest BCUT2D eigenvalue weighted by Crippen LogP contribution is -2.41. The number of hydrogen-bond donors (Lipinski definition) is 2. The molecule has 6 heteroatoms. The Morgan fingerprint density at radius 2 is 2.29 bits per heavy atom. The van der Waals surface area contributed by atoms with E-state index in [1.807, 2.05) is 6.92 Å². The van der Waals surface area contributed by atoms with Crippen LogP contribution in [0.25, 0.3) is 5.57 Å². The number of carboxylic acids is 1. The third-order valence-corrected chi connectivity index (χ3v) is 5.45. The van der Waals surface area contributed by atoms with E-state index >= 15 is 0 Å². The van der Waals surface area contributed by atoms with Crippen molar-refractivity contribution >= 4 is 34.7 Å². The summed E-state index contributed by atoms with van der Waals surface area (Å²) in [6.45, 7) is 1.84. The summed E-state index contributed by atoms with van der Waals surface area (Å²) in [4.78, 5) is 11.9. The number of carbonyl (C=O) groups is 1. The maximum atomic E-state index is 11.9. The van der Waals surface area contributed by atoms with E-state index in [-0.39, 0.29) is 0 Å². The molecule has 0 bridgehead atoms. The third kappa shape index (κ3) is 2.21. The van der Waals surface area contributed by atoms with Crippen LogP contribution in [0, 0.1) is 11.3 Å². The van der Waals surface area contributed by atoms with Crippen molar-refractivity contribution in [3.8, 4) is 0 Å². The van der Waals surface area contributed by atoms with E-state index in [4.69, 9.17) is 23.2 Å². The van der Waals surface area contributed by atoms with Gasteiger partial charge in [-0.3, -0.25) is 9.89 Å². The Morgan fingerprint density at radius 1 is 1.57 bits per heavy atom. The van der Waals surface area contributed by atoms with E-state index in [1.165, 1.54) is 0 Å². The first-order valence-corrected chi connectivity index (χ1v) is 7.82. The second-order valence-corrected chi connectivity index (χ2v) is 6.45. The summed E-state index contributed by atoms with van der Waals surface area (Å²) < 4.78 is 0. The minimum absolute atomic E-state index is 0.303. The lowest BCUT2D eigenvalue weighted by Gasteiger charge is -2.36. The minimum Gasteiger partial charge on any atom is -0.481 e. The predicted molar refractivity (Wildman–Crippen MR) is 82.2 cm³/mol. The number of rotatable bonds is 4. The maximum Gasteiger partial charge on any atom is 0.315 e. The van der Waals surface area contributed by atoms with E-state index in [0.717, 1.165) is 24.1 Å². The molecule has 21 heavy (non-hydrogen) atoms. The van der Waals surface area contributed by atoms with Gasteiger partial charge in [0, 0.05) is 11.8 Å². The van der Waals surface area contributed by atoms with E-state index in [2.05, 4.69) is 10.2 Å². The van der Waals surface area contributed by atoms with Crippen LogP contribution < -0.4 is 0 Å². The Bertz CT molecular complexity index is 632. The Kier molecular flexibility index (Phi) is 3.62. The molecule has 2 aliphatic carbocycles. The largest absolute Gasteiger partial charge is 0.481 e. The van der Waals surface area contributed by atoms with Gasteiger partial charge >= 0.3 is 5.97 Å². The van der Waals surface area contributed by atoms with Gasteiger partial charge in [-0.1, -0.05) is 24.6 Å². The topological polar surface area (TPSA) is 66.0 Å². The highest BCUT2D eigenvalue weighted by molar-refractivity contribution is 6.39. The number of alkyl halides is 1. The normalized spacial score (nSPS) is 29.5. The summed E-state index contributed by atoms with van der Waals surface area (Å²) in [5, 5.41) is 16.5. The Labute approximate surface area is 132 Å². The predicted octanol–water partition coefficient (Wildman–Crippen LogP) is 3.80. The quantitative estimate of drug-likeness (QED) is 0.827. The van der Waals surface area contributed by atoms with Crippen molar-refractivity contribution in [1.29, 1.82) is 0 Å². The fourth-order valence-corrected chi connectivity index (χ4v) is 4.00. The highest BCUT2D eigenvalue weighted by atomic mass is 35.5. The van der Waals surface area contributed by atoms with Crippen molar-refractivity contribution in [3.05, 3.63) is 34.6 Å². The average molecular weight is 327 g/mol. The van der Waals surface area contributed by atoms with Crippen molar-refractivity contribution in [3.63, 3.8) is 0 Å². The number of aromatic amines is 1. The summed E-state index contributed by atoms with van der Waals surface area (Å²) in [5.74, 6) is -0.610. The molecule has 1 fully saturated rings. The first-order valence-electron chi connectivity index (χ1n) is 7.01. The molecule has 3 rings (SSSR count). The smallest absolute Gasteiger partial charge is 0.315 e. The van der Waals surface area contributed by atoms with Gasteiger partial charge in [-0.15, -0.1) is 11.6 Å². The maximum absolute atomic E-state index is 11.9. The number of hydrogen-bond acceptors (Lipinski definition) is 2. The number of H-pyrrole nitrogens is 1. The summed E-state index contributed by atoms with van der Waals surface area (Å²) >= 11 is 13.1. The Hall–Kier alpha value is -1.26. The fraction of sp³-hybridized carbons (Fsp3) is 0.467. The fourth-order valence-electron chi connectivity index (χ4n) is 2.92. The first-order chi connectivity index (χ1) is 10.0. The van der Waals surface area contributed by atoms with Crippen LogP contribution in [0.2, 0.25) is 0 Å². The van der Waals surface area contributed by atoms with Gasteiger partial charge in [0.1, 0.15) is 5.41 Å². The second-order valence-electron chi connectivity index (χ2n) is 5.63. The van der Waals surface area contributed by atoms with Crippen LogP contribution in [0.4, 0.5) is 0 Å². The minimum atomic E-state index is -1.13. The molecule has 1 heterocycles. The highest BCUT2D eigenvalue weighted by Gasteiger charge is 2.50. The first kappa shape index (κ1) is 14.7. The number of halogens is 2. The van der Waals surface area contributed by atoms with Gasteiger partial charge in [-0.05, 0) is 36.8 Å². The molecule has 2 unspecified atom stereocenters. The number of allylic oxidation sites excluding steroid dienone is 3. The van der Waals surface area contributed by atoms with Crippen LogP contribution in [0.15, 0.2) is 28.9 Å². The SMILES string of the molecule is CCC1(C(=O)O)C=C(c2ccn[nH]2)C(Cl)=C(C2CC2)C1Cl. The monoisotopic (exact) mass is 326 g/mol. The second kappa shape index (κ2) is 5.18. The molecule has 2 N–H and O–H groups in total. The van der Waals surface area contributed by atoms with E-state index in [1.54, 1.807) is 18.3 Å². The zero-order chi connectivity index (χ0) is 15.2. The summed E-state index contributed by atoms with van der Waals surface area (Å²) in [5.41, 5.74) is 1.16. The summed E-state index contributed by atoms with van der Waals surface area (Å²) in [6.07, 6.45) is 5.76. The van der Waals surface area contributed by atoms with Crippen LogP contribution in [0.1, 0.15) is 31.9 Å². The van der Waals surface area contributed by atoms with Crippen LogP contribution >= 0.6 is 23.2 Å². The van der Waals surface area contributed by atoms with Crippen LogP contribution in [-0.2, 0) is 4.79 Å². The molecule has 0 amide bonds. The molecule has 2 aliphatic rings. The van der Waals surface area contributed by atoms with Gasteiger partial charge < -0.3 is 5.11 Å². The zero-order valence-electron chi connectivity index (χ0n) is 11.6. The number of aliphatic carboxylic acids is 1. The average Bonchev–Trinajstić information content (AvgIpc) is 3.13. The van der Waals surface area contributed by atoms with Crippen molar-refractivity contribution < 1.29 is 9.90 Å². The number of carboxylic acid groups (broad SMARTS) is 1. The van der Waals surface area contributed by atoms with Gasteiger partial charge in [0.15, 0.2) is 0 Å². The molecule has 0 aliphatic heterocycles. The van der Waals surface area contributed by atoms with Crippen molar-refractivity contribution in [2.45, 2.75) is 31.6 Å². The van der Waals surface area contributed by atoms with Gasteiger partial charge in [0.2, 0.25) is 0 Å². The Morgan fingerprint density at radius 3 is 2.76 bits per heavy atom. The molecule has 112 valence electrons. The van der Waals surface area contributed by atoms with Crippen LogP contribution in [0.5, 0.6) is 0 Å². The van der Waals surface area contributed by atoms with E-state index < -0.39 is 16.8 Å². The zero-order valence-corrected chi connectivity index (χ0v) is 13.1. The van der Waals surface area contributed by atoms with E-state index in [9.17, 15) is 9.90 Å². The van der Waals surface area contributed by atoms with Crippen LogP contribution in [-0.4, -0.2) is 26.7 Å². The molecule has 2 atom stereocenters. The summed E-state index contributed by atoms with van der Waals surface area (Å²) in [7, 11) is 0. The lowest BCUT2D eigenvalue weighted by molar-refractivity contribution is -0.146. The third-order valence-electron chi connectivity index (χ3n) is 4.41. The molecule has 4 nitrogen and oxygen atoms in total. The standard InChI is InChI=1S/C15H16Cl2N2O2/c1-2-15(14(20)21)7-9(10-5-6-18-19-10)12(16)11(13(15)17)8-3-4-8/h5-8,13H,2-4H2,1H3,(H,18,19)(H,20,21). The number of aromatic nitrogens is 2. The number of nitrogens with one attached hydrogen (secondary N) is 1. The molecule has 0 aromatic carbocycles. The van der Waals surface area contributed by atoms with Crippen molar-refractivity contribution in [1.82, 2.24) is 10.2 Å². The van der Waals surface area contributed by atoms with Gasteiger partial charge in [0.05, 0.1) is 16.1 Å². The van der Waals surface area contributed by atoms with Gasteiger partial charge in [-0.25, -0.2) is 0 Å². The molecule has 0 spiro atoms. The molecule has 0 saturated heterocycles. The van der Waals surface area contributed by atoms with Crippen molar-refractivity contribution in [2.24, 2.45) is 11.3 Å². The van der Waals surface area contributed by atoms with Gasteiger partial charge in [-0.2, -0.15) is 5.10 Å². The molecule has 1 aromatic rings.